The predicted octanol–water partition coefficient (Wildman–Crippen LogP) is 2.13. The molecule has 2 aromatic heterocycles. The zero-order chi connectivity index (χ0) is 18.8. The number of pyridine rings is 1. The van der Waals surface area contributed by atoms with Crippen LogP contribution in [0, 0.1) is 0 Å². The zero-order valence-electron chi connectivity index (χ0n) is 14.4. The largest absolute Gasteiger partial charge is 0.488 e. The number of nitrogens with zero attached hydrogens (tertiary/aromatic N) is 3. The normalized spacial score (nSPS) is 13.0. The lowest BCUT2D eigenvalue weighted by Crippen LogP contribution is -2.30. The molecular weight excluding hydrogens is 368 g/mol. The van der Waals surface area contributed by atoms with Crippen LogP contribution in [0.2, 0.25) is 5.02 Å². The number of halogens is 1. The number of hydrogen-bond donors (Lipinski definition) is 1. The molecule has 0 unspecified atom stereocenters. The summed E-state index contributed by atoms with van der Waals surface area (Å²) in [6.07, 6.45) is 4.06. The number of benzene rings is 1. The van der Waals surface area contributed by atoms with Crippen LogP contribution in [0.5, 0.6) is 5.75 Å². The summed E-state index contributed by atoms with van der Waals surface area (Å²) in [5.74, 6) is 0.519. The fraction of sp³-hybridized carbons (Fsp3) is 0.211. The van der Waals surface area contributed by atoms with Crippen molar-refractivity contribution in [3.8, 4) is 5.75 Å². The number of amides is 1. The molecule has 0 bridgehead atoms. The molecule has 0 atom stereocenters. The Labute approximate surface area is 159 Å². The molecule has 138 valence electrons. The van der Waals surface area contributed by atoms with E-state index in [0.29, 0.717) is 41.5 Å². The maximum absolute atomic E-state index is 12.3. The number of nitrogens with one attached hydrogen (secondary N) is 1. The summed E-state index contributed by atoms with van der Waals surface area (Å²) < 4.78 is 8.49. The molecule has 0 spiro atoms. The molecule has 1 aliphatic heterocycles. The fourth-order valence-electron chi connectivity index (χ4n) is 2.94. The summed E-state index contributed by atoms with van der Waals surface area (Å²) in [4.78, 5) is 24.5. The standard InChI is InChI=1S/C19H17ClN4O3/c20-15-5-6-16-13(11-15)10-14(12-27-16)18(25)21-7-3-9-24-19(26)23-8-2-1-4-17(23)22-24/h1-2,4-6,8,10-11H,3,7,9,12H2,(H,21,25). The third-order valence-electron chi connectivity index (χ3n) is 4.30. The van der Waals surface area contributed by atoms with Gasteiger partial charge in [0.15, 0.2) is 5.65 Å². The Kier molecular flexibility index (Phi) is 4.68. The second-order valence-corrected chi connectivity index (χ2v) is 6.62. The van der Waals surface area contributed by atoms with Crippen LogP contribution in [-0.4, -0.2) is 33.2 Å². The van der Waals surface area contributed by atoms with E-state index in [9.17, 15) is 9.59 Å². The number of carbonyl (C=O) groups excluding carboxylic acids is 1. The van der Waals surface area contributed by atoms with Crippen molar-refractivity contribution in [2.24, 2.45) is 0 Å². The summed E-state index contributed by atoms with van der Waals surface area (Å²) in [6, 6.07) is 10.7. The summed E-state index contributed by atoms with van der Waals surface area (Å²) >= 11 is 5.99. The van der Waals surface area contributed by atoms with E-state index >= 15 is 0 Å². The van der Waals surface area contributed by atoms with Crippen molar-refractivity contribution in [2.45, 2.75) is 13.0 Å². The highest BCUT2D eigenvalue weighted by atomic mass is 35.5. The summed E-state index contributed by atoms with van der Waals surface area (Å²) in [5, 5.41) is 7.70. The number of aryl methyl sites for hydroxylation is 1. The maximum atomic E-state index is 12.3. The first-order valence-electron chi connectivity index (χ1n) is 8.57. The van der Waals surface area contributed by atoms with E-state index in [0.717, 1.165) is 5.56 Å². The third-order valence-corrected chi connectivity index (χ3v) is 4.53. The Hall–Kier alpha value is -3.06. The van der Waals surface area contributed by atoms with Gasteiger partial charge in [0.1, 0.15) is 12.4 Å². The lowest BCUT2D eigenvalue weighted by molar-refractivity contribution is -0.117. The predicted molar refractivity (Wildman–Crippen MR) is 102 cm³/mol. The van der Waals surface area contributed by atoms with E-state index < -0.39 is 0 Å². The van der Waals surface area contributed by atoms with Crippen molar-refractivity contribution < 1.29 is 9.53 Å². The van der Waals surface area contributed by atoms with Crippen molar-refractivity contribution in [3.05, 3.63) is 69.2 Å². The lowest BCUT2D eigenvalue weighted by atomic mass is 10.1. The van der Waals surface area contributed by atoms with Gasteiger partial charge >= 0.3 is 5.69 Å². The second kappa shape index (κ2) is 7.28. The van der Waals surface area contributed by atoms with Gasteiger partial charge in [0.05, 0.1) is 5.57 Å². The third kappa shape index (κ3) is 3.59. The van der Waals surface area contributed by atoms with Crippen molar-refractivity contribution in [2.75, 3.05) is 13.2 Å². The Bertz CT molecular complexity index is 1100. The van der Waals surface area contributed by atoms with Crippen molar-refractivity contribution in [1.82, 2.24) is 19.5 Å². The first-order chi connectivity index (χ1) is 13.1. The molecule has 27 heavy (non-hydrogen) atoms. The van der Waals surface area contributed by atoms with E-state index in [-0.39, 0.29) is 18.2 Å². The lowest BCUT2D eigenvalue weighted by Gasteiger charge is -2.17. The average Bonchev–Trinajstić information content (AvgIpc) is 3.00. The van der Waals surface area contributed by atoms with Gasteiger partial charge in [-0.15, -0.1) is 5.10 Å². The molecule has 3 aromatic rings. The molecule has 0 aliphatic carbocycles. The smallest absolute Gasteiger partial charge is 0.350 e. The average molecular weight is 385 g/mol. The maximum Gasteiger partial charge on any atom is 0.350 e. The van der Waals surface area contributed by atoms with Gasteiger partial charge in [-0.05, 0) is 42.8 Å². The Morgan fingerprint density at radius 1 is 1.30 bits per heavy atom. The number of rotatable bonds is 5. The number of fused-ring (bicyclic) bond motifs is 2. The minimum Gasteiger partial charge on any atom is -0.488 e. The number of aromatic nitrogens is 3. The van der Waals surface area contributed by atoms with E-state index in [4.69, 9.17) is 16.3 Å². The van der Waals surface area contributed by atoms with Crippen molar-refractivity contribution >= 4 is 29.2 Å². The number of carbonyl (C=O) groups is 1. The number of hydrogen-bond acceptors (Lipinski definition) is 4. The summed E-state index contributed by atoms with van der Waals surface area (Å²) in [7, 11) is 0. The van der Waals surface area contributed by atoms with Gasteiger partial charge in [0.25, 0.3) is 5.91 Å². The molecule has 4 rings (SSSR count). The Balaban J connectivity index is 1.34. The topological polar surface area (TPSA) is 77.6 Å². The number of ether oxygens (including phenoxy) is 1. The summed E-state index contributed by atoms with van der Waals surface area (Å²) in [5.41, 5.74) is 1.74. The highest BCUT2D eigenvalue weighted by Crippen LogP contribution is 2.28. The van der Waals surface area contributed by atoms with Crippen molar-refractivity contribution in [1.29, 1.82) is 0 Å². The van der Waals surface area contributed by atoms with Crippen LogP contribution in [-0.2, 0) is 11.3 Å². The molecule has 0 saturated carbocycles. The fourth-order valence-corrected chi connectivity index (χ4v) is 3.12. The quantitative estimate of drug-likeness (QED) is 0.683. The monoisotopic (exact) mass is 384 g/mol. The molecule has 1 amide bonds. The van der Waals surface area contributed by atoms with Crippen molar-refractivity contribution in [3.63, 3.8) is 0 Å². The van der Waals surface area contributed by atoms with E-state index in [1.807, 2.05) is 6.07 Å². The van der Waals surface area contributed by atoms with Crippen LogP contribution in [0.3, 0.4) is 0 Å². The molecule has 0 saturated heterocycles. The van der Waals surface area contributed by atoms with Crippen LogP contribution in [0.4, 0.5) is 0 Å². The van der Waals surface area contributed by atoms with Gasteiger partial charge in [-0.25, -0.2) is 9.48 Å². The highest BCUT2D eigenvalue weighted by Gasteiger charge is 2.17. The SMILES string of the molecule is O=C(NCCCn1nc2ccccn2c1=O)C1=Cc2cc(Cl)ccc2OC1. The van der Waals surface area contributed by atoms with Gasteiger partial charge < -0.3 is 10.1 Å². The van der Waals surface area contributed by atoms with Crippen LogP contribution in [0.15, 0.2) is 53.0 Å². The van der Waals surface area contributed by atoms with Gasteiger partial charge in [0, 0.05) is 29.9 Å². The zero-order valence-corrected chi connectivity index (χ0v) is 15.1. The van der Waals surface area contributed by atoms with Crippen LogP contribution < -0.4 is 15.7 Å². The molecule has 0 radical (unpaired) electrons. The van der Waals surface area contributed by atoms with Gasteiger partial charge in [0.2, 0.25) is 0 Å². The molecule has 0 fully saturated rings. The van der Waals surface area contributed by atoms with Crippen LogP contribution >= 0.6 is 11.6 Å². The second-order valence-electron chi connectivity index (χ2n) is 6.18. The molecule has 3 heterocycles. The Morgan fingerprint density at radius 3 is 3.04 bits per heavy atom. The molecule has 7 nitrogen and oxygen atoms in total. The van der Waals surface area contributed by atoms with E-state index in [1.54, 1.807) is 42.6 Å². The molecule has 1 N–H and O–H groups in total. The minimum atomic E-state index is -0.192. The molecule has 1 aromatic carbocycles. The summed E-state index contributed by atoms with van der Waals surface area (Å²) in [6.45, 7) is 1.07. The highest BCUT2D eigenvalue weighted by molar-refractivity contribution is 6.30. The van der Waals surface area contributed by atoms with Crippen LogP contribution in [0.25, 0.3) is 11.7 Å². The molecular formula is C19H17ClN4O3. The first-order valence-corrected chi connectivity index (χ1v) is 8.95. The van der Waals surface area contributed by atoms with Gasteiger partial charge in [-0.3, -0.25) is 9.20 Å². The van der Waals surface area contributed by atoms with E-state index in [2.05, 4.69) is 10.4 Å². The molecule has 8 heteroatoms. The Morgan fingerprint density at radius 2 is 2.19 bits per heavy atom. The van der Waals surface area contributed by atoms with Crippen LogP contribution in [0.1, 0.15) is 12.0 Å². The minimum absolute atomic E-state index is 0.186. The van der Waals surface area contributed by atoms with Gasteiger partial charge in [-0.2, -0.15) is 0 Å². The first kappa shape index (κ1) is 17.4. The van der Waals surface area contributed by atoms with E-state index in [1.165, 1.54) is 9.08 Å². The molecule has 1 aliphatic rings. The van der Waals surface area contributed by atoms with Gasteiger partial charge in [-0.1, -0.05) is 17.7 Å².